The molecular formula is C38H32O2P2. The van der Waals surface area contributed by atoms with Crippen LogP contribution in [0.2, 0.25) is 0 Å². The predicted molar refractivity (Wildman–Crippen MR) is 179 cm³/mol. The van der Waals surface area contributed by atoms with Crippen LogP contribution in [0.1, 0.15) is 23.3 Å². The molecule has 0 heterocycles. The number of hydrogen-bond donors (Lipinski definition) is 0. The predicted octanol–water partition coefficient (Wildman–Crippen LogP) is 8.60. The summed E-state index contributed by atoms with van der Waals surface area (Å²) >= 11 is 0. The van der Waals surface area contributed by atoms with Crippen LogP contribution in [0.3, 0.4) is 0 Å². The summed E-state index contributed by atoms with van der Waals surface area (Å²) in [7, 11) is -2.29. The molecule has 0 amide bonds. The number of rotatable bonds is 11. The molecule has 6 aromatic rings. The Kier molecular flexibility index (Phi) is 9.63. The van der Waals surface area contributed by atoms with E-state index in [1.54, 1.807) is 0 Å². The van der Waals surface area contributed by atoms with Crippen molar-refractivity contribution in [2.75, 3.05) is 0 Å². The van der Waals surface area contributed by atoms with Crippen molar-refractivity contribution >= 4 is 37.5 Å². The van der Waals surface area contributed by atoms with Crippen molar-refractivity contribution in [1.82, 2.24) is 0 Å². The molecule has 42 heavy (non-hydrogen) atoms. The summed E-state index contributed by atoms with van der Waals surface area (Å²) in [4.78, 5) is 0. The second-order valence-corrected chi connectivity index (χ2v) is 13.5. The van der Waals surface area contributed by atoms with E-state index in [1.807, 2.05) is 0 Å². The molecule has 0 bridgehead atoms. The summed E-state index contributed by atoms with van der Waals surface area (Å²) < 4.78 is 14.7. The monoisotopic (exact) mass is 582 g/mol. The van der Waals surface area contributed by atoms with E-state index in [-0.39, 0.29) is 12.2 Å². The Hall–Kier alpha value is -3.90. The Bertz CT molecular complexity index is 1410. The van der Waals surface area contributed by atoms with Crippen molar-refractivity contribution in [3.05, 3.63) is 193 Å². The zero-order valence-corrected chi connectivity index (χ0v) is 25.0. The highest BCUT2D eigenvalue weighted by Crippen LogP contribution is 2.51. The molecule has 2 nitrogen and oxygen atoms in total. The Morgan fingerprint density at radius 2 is 0.500 bits per heavy atom. The van der Waals surface area contributed by atoms with Gasteiger partial charge in [0.1, 0.15) is 12.2 Å². The maximum Gasteiger partial charge on any atom is 0.118 e. The molecule has 2 atom stereocenters. The van der Waals surface area contributed by atoms with Gasteiger partial charge >= 0.3 is 0 Å². The standard InChI is InChI=1S/C38H32O2P2/c1-7-19-31(20-8-1)37(39-41(33-23-11-3-12-24-33)34-25-13-4-14-26-34)38(32-21-9-2-10-22-32)40-42(35-27-15-5-16-28-35)36-29-17-6-18-30-36/h1-30,37-38H/t37-,38-/m0/s1. The van der Waals surface area contributed by atoms with Crippen LogP contribution < -0.4 is 21.2 Å². The second kappa shape index (κ2) is 14.3. The third-order valence-electron chi connectivity index (χ3n) is 6.93. The number of hydrogen-bond acceptors (Lipinski definition) is 2. The lowest BCUT2D eigenvalue weighted by atomic mass is 9.98. The summed E-state index contributed by atoms with van der Waals surface area (Å²) in [5.41, 5.74) is 2.17. The molecule has 0 aliphatic rings. The Balaban J connectivity index is 1.49. The van der Waals surface area contributed by atoms with Crippen molar-refractivity contribution in [2.24, 2.45) is 0 Å². The van der Waals surface area contributed by atoms with E-state index >= 15 is 0 Å². The van der Waals surface area contributed by atoms with Gasteiger partial charge in [-0.05, 0) is 11.1 Å². The first kappa shape index (κ1) is 28.2. The minimum absolute atomic E-state index is 0.363. The fraction of sp³-hybridized carbons (Fsp3) is 0.0526. The largest absolute Gasteiger partial charge is 0.339 e. The van der Waals surface area contributed by atoms with E-state index in [9.17, 15) is 0 Å². The topological polar surface area (TPSA) is 18.5 Å². The first-order valence-corrected chi connectivity index (χ1v) is 16.6. The van der Waals surface area contributed by atoms with Crippen LogP contribution in [0.25, 0.3) is 0 Å². The summed E-state index contributed by atoms with van der Waals surface area (Å²) in [6.45, 7) is 0. The molecule has 4 heteroatoms. The van der Waals surface area contributed by atoms with Crippen molar-refractivity contribution < 1.29 is 9.05 Å². The molecule has 0 aliphatic carbocycles. The minimum atomic E-state index is -1.14. The first-order valence-electron chi connectivity index (χ1n) is 14.1. The van der Waals surface area contributed by atoms with Gasteiger partial charge < -0.3 is 9.05 Å². The summed E-state index contributed by atoms with van der Waals surface area (Å²) in [5, 5.41) is 4.67. The Morgan fingerprint density at radius 1 is 0.286 bits per heavy atom. The Labute approximate surface area is 251 Å². The van der Waals surface area contributed by atoms with Crippen LogP contribution in [0.15, 0.2) is 182 Å². The van der Waals surface area contributed by atoms with Gasteiger partial charge in [-0.15, -0.1) is 0 Å². The van der Waals surface area contributed by atoms with Crippen LogP contribution in [-0.4, -0.2) is 0 Å². The van der Waals surface area contributed by atoms with Crippen LogP contribution in [0, 0.1) is 0 Å². The van der Waals surface area contributed by atoms with E-state index in [0.29, 0.717) is 0 Å². The SMILES string of the molecule is c1ccc([C@H](OP(c2ccccc2)c2ccccc2)[C@@H](OP(c2ccccc2)c2ccccc2)c2ccccc2)cc1. The summed E-state index contributed by atoms with van der Waals surface area (Å²) in [5.74, 6) is 0. The molecule has 6 aromatic carbocycles. The first-order chi connectivity index (χ1) is 20.9. The van der Waals surface area contributed by atoms with E-state index in [1.165, 1.54) is 21.2 Å². The fourth-order valence-electron chi connectivity index (χ4n) is 4.89. The smallest absolute Gasteiger partial charge is 0.118 e. The van der Waals surface area contributed by atoms with Crippen molar-refractivity contribution in [3.8, 4) is 0 Å². The Morgan fingerprint density at radius 3 is 0.738 bits per heavy atom. The lowest BCUT2D eigenvalue weighted by Crippen LogP contribution is -2.23. The third kappa shape index (κ3) is 6.93. The van der Waals surface area contributed by atoms with Gasteiger partial charge in [-0.3, -0.25) is 0 Å². The number of benzene rings is 6. The van der Waals surface area contributed by atoms with E-state index in [4.69, 9.17) is 9.05 Å². The molecule has 0 aromatic heterocycles. The molecule has 0 N–H and O–H groups in total. The highest BCUT2D eigenvalue weighted by molar-refractivity contribution is 7.69. The summed E-state index contributed by atoms with van der Waals surface area (Å²) in [6, 6.07) is 63.3. The van der Waals surface area contributed by atoms with Crippen molar-refractivity contribution in [1.29, 1.82) is 0 Å². The minimum Gasteiger partial charge on any atom is -0.339 e. The van der Waals surface area contributed by atoms with Crippen LogP contribution >= 0.6 is 16.3 Å². The average molecular weight is 583 g/mol. The van der Waals surface area contributed by atoms with Gasteiger partial charge in [0.05, 0.1) is 16.3 Å². The van der Waals surface area contributed by atoms with Crippen LogP contribution in [0.5, 0.6) is 0 Å². The third-order valence-corrected chi connectivity index (χ3v) is 10.9. The highest BCUT2D eigenvalue weighted by atomic mass is 31.1. The average Bonchev–Trinajstić information content (AvgIpc) is 3.09. The zero-order valence-electron chi connectivity index (χ0n) is 23.2. The van der Waals surface area contributed by atoms with Gasteiger partial charge in [-0.1, -0.05) is 182 Å². The molecule has 0 unspecified atom stereocenters. The van der Waals surface area contributed by atoms with Gasteiger partial charge in [-0.25, -0.2) is 0 Å². The molecule has 0 fully saturated rings. The normalized spacial score (nSPS) is 12.7. The maximum atomic E-state index is 7.35. The quantitative estimate of drug-likeness (QED) is 0.143. The summed E-state index contributed by atoms with van der Waals surface area (Å²) in [6.07, 6.45) is -0.727. The molecule has 0 saturated carbocycles. The van der Waals surface area contributed by atoms with Gasteiger partial charge in [0.25, 0.3) is 0 Å². The lowest BCUT2D eigenvalue weighted by molar-refractivity contribution is 0.0749. The van der Waals surface area contributed by atoms with Crippen molar-refractivity contribution in [2.45, 2.75) is 12.2 Å². The van der Waals surface area contributed by atoms with Crippen molar-refractivity contribution in [3.63, 3.8) is 0 Å². The van der Waals surface area contributed by atoms with Gasteiger partial charge in [0, 0.05) is 21.2 Å². The van der Waals surface area contributed by atoms with E-state index < -0.39 is 16.3 Å². The highest BCUT2D eigenvalue weighted by Gasteiger charge is 2.34. The molecule has 0 spiro atoms. The molecule has 6 rings (SSSR count). The molecule has 206 valence electrons. The van der Waals surface area contributed by atoms with Crippen LogP contribution in [-0.2, 0) is 9.05 Å². The second-order valence-electron chi connectivity index (χ2n) is 9.80. The zero-order chi connectivity index (χ0) is 28.4. The van der Waals surface area contributed by atoms with Crippen LogP contribution in [0.4, 0.5) is 0 Å². The molecular weight excluding hydrogens is 550 g/mol. The fourth-order valence-corrected chi connectivity index (χ4v) is 8.66. The molecule has 0 saturated heterocycles. The molecule has 0 radical (unpaired) electrons. The molecule has 0 aliphatic heterocycles. The maximum absolute atomic E-state index is 7.35. The lowest BCUT2D eigenvalue weighted by Gasteiger charge is -2.34. The van der Waals surface area contributed by atoms with Gasteiger partial charge in [-0.2, -0.15) is 0 Å². The van der Waals surface area contributed by atoms with Gasteiger partial charge in [0.2, 0.25) is 0 Å². The van der Waals surface area contributed by atoms with Gasteiger partial charge in [0.15, 0.2) is 0 Å². The van der Waals surface area contributed by atoms with E-state index in [0.717, 1.165) is 11.1 Å². The van der Waals surface area contributed by atoms with E-state index in [2.05, 4.69) is 182 Å².